The first-order valence-corrected chi connectivity index (χ1v) is 7.20. The lowest BCUT2D eigenvalue weighted by Gasteiger charge is -2.23. The number of hydrogen-bond donors (Lipinski definition) is 1. The summed E-state index contributed by atoms with van der Waals surface area (Å²) in [5.41, 5.74) is 1.32. The van der Waals surface area contributed by atoms with Crippen LogP contribution in [0.3, 0.4) is 0 Å². The van der Waals surface area contributed by atoms with Gasteiger partial charge in [-0.2, -0.15) is 0 Å². The number of rotatable bonds is 5. The second-order valence-electron chi connectivity index (χ2n) is 5.52. The zero-order valence-corrected chi connectivity index (χ0v) is 12.8. The van der Waals surface area contributed by atoms with Crippen LogP contribution in [-0.4, -0.2) is 19.7 Å². The summed E-state index contributed by atoms with van der Waals surface area (Å²) in [6.45, 7) is 7.64. The van der Waals surface area contributed by atoms with Crippen LogP contribution in [0.2, 0.25) is 0 Å². The Bertz CT molecular complexity index is 362. The summed E-state index contributed by atoms with van der Waals surface area (Å²) in [7, 11) is 0. The zero-order valence-electron chi connectivity index (χ0n) is 12.0. The summed E-state index contributed by atoms with van der Waals surface area (Å²) in [5, 5.41) is 3.41. The van der Waals surface area contributed by atoms with Gasteiger partial charge >= 0.3 is 0 Å². The lowest BCUT2D eigenvalue weighted by molar-refractivity contribution is 0.249. The molecule has 3 heteroatoms. The number of halogens is 1. The van der Waals surface area contributed by atoms with E-state index in [-0.39, 0.29) is 12.4 Å². The topological polar surface area (TPSA) is 21.3 Å². The van der Waals surface area contributed by atoms with Crippen molar-refractivity contribution in [2.45, 2.75) is 39.0 Å². The van der Waals surface area contributed by atoms with Gasteiger partial charge in [0.25, 0.3) is 0 Å². The molecule has 0 saturated carbocycles. The summed E-state index contributed by atoms with van der Waals surface area (Å²) in [5.74, 6) is 2.44. The van der Waals surface area contributed by atoms with E-state index in [0.29, 0.717) is 5.92 Å². The van der Waals surface area contributed by atoms with E-state index < -0.39 is 0 Å². The molecule has 1 aliphatic heterocycles. The molecular weight excluding hydrogens is 258 g/mol. The van der Waals surface area contributed by atoms with Crippen molar-refractivity contribution < 1.29 is 4.74 Å². The van der Waals surface area contributed by atoms with Crippen LogP contribution >= 0.6 is 12.4 Å². The smallest absolute Gasteiger partial charge is 0.122 e. The Kier molecular flexibility index (Phi) is 7.25. The standard InChI is InChI=1S/C16H25NO.ClH/c1-13(2)15-5-3-4-6-16(15)18-12-9-14-7-10-17-11-8-14;/h3-6,13-14,17H,7-12H2,1-2H3;1H. The maximum Gasteiger partial charge on any atom is 0.122 e. The van der Waals surface area contributed by atoms with Crippen molar-refractivity contribution in [2.24, 2.45) is 5.92 Å². The maximum absolute atomic E-state index is 5.98. The third kappa shape index (κ3) is 5.04. The molecule has 1 aromatic carbocycles. The molecule has 1 N–H and O–H groups in total. The van der Waals surface area contributed by atoms with Gasteiger partial charge in [0.05, 0.1) is 6.61 Å². The first-order chi connectivity index (χ1) is 8.77. The molecule has 1 aliphatic rings. The molecule has 0 radical (unpaired) electrons. The van der Waals surface area contributed by atoms with E-state index in [9.17, 15) is 0 Å². The van der Waals surface area contributed by atoms with E-state index >= 15 is 0 Å². The monoisotopic (exact) mass is 283 g/mol. The molecule has 2 nitrogen and oxygen atoms in total. The molecule has 1 saturated heterocycles. The largest absolute Gasteiger partial charge is 0.493 e. The minimum atomic E-state index is 0. The molecule has 0 spiro atoms. The van der Waals surface area contributed by atoms with Gasteiger partial charge in [-0.3, -0.25) is 0 Å². The predicted octanol–water partition coefficient (Wildman–Crippen LogP) is 4.00. The molecule has 0 bridgehead atoms. The van der Waals surface area contributed by atoms with Gasteiger partial charge in [-0.25, -0.2) is 0 Å². The number of ether oxygens (including phenoxy) is 1. The Morgan fingerprint density at radius 2 is 1.89 bits per heavy atom. The van der Waals surface area contributed by atoms with Gasteiger partial charge in [-0.1, -0.05) is 32.0 Å². The van der Waals surface area contributed by atoms with Crippen molar-refractivity contribution in [3.05, 3.63) is 29.8 Å². The highest BCUT2D eigenvalue weighted by Crippen LogP contribution is 2.26. The average Bonchev–Trinajstić information content (AvgIpc) is 2.40. The highest BCUT2D eigenvalue weighted by molar-refractivity contribution is 5.85. The normalized spacial score (nSPS) is 16.2. The van der Waals surface area contributed by atoms with E-state index in [1.54, 1.807) is 0 Å². The fourth-order valence-corrected chi connectivity index (χ4v) is 2.59. The van der Waals surface area contributed by atoms with Gasteiger partial charge in [-0.15, -0.1) is 12.4 Å². The minimum absolute atomic E-state index is 0. The van der Waals surface area contributed by atoms with Crippen molar-refractivity contribution >= 4 is 12.4 Å². The van der Waals surface area contributed by atoms with Crippen LogP contribution < -0.4 is 10.1 Å². The Hall–Kier alpha value is -0.730. The van der Waals surface area contributed by atoms with Crippen molar-refractivity contribution in [3.8, 4) is 5.75 Å². The Balaban J connectivity index is 0.00000180. The number of benzene rings is 1. The second-order valence-corrected chi connectivity index (χ2v) is 5.52. The zero-order chi connectivity index (χ0) is 12.8. The summed E-state index contributed by atoms with van der Waals surface area (Å²) in [6.07, 6.45) is 3.79. The number of nitrogens with one attached hydrogen (secondary N) is 1. The van der Waals surface area contributed by atoms with Crippen LogP contribution in [0.4, 0.5) is 0 Å². The van der Waals surface area contributed by atoms with E-state index in [4.69, 9.17) is 4.74 Å². The highest BCUT2D eigenvalue weighted by Gasteiger charge is 2.13. The highest BCUT2D eigenvalue weighted by atomic mass is 35.5. The number of piperidine rings is 1. The van der Waals surface area contributed by atoms with E-state index in [0.717, 1.165) is 18.3 Å². The minimum Gasteiger partial charge on any atom is -0.493 e. The van der Waals surface area contributed by atoms with E-state index in [2.05, 4.69) is 43.4 Å². The van der Waals surface area contributed by atoms with Gasteiger partial charge in [0.15, 0.2) is 0 Å². The molecule has 1 aromatic rings. The van der Waals surface area contributed by atoms with Crippen molar-refractivity contribution in [3.63, 3.8) is 0 Å². The molecule has 2 rings (SSSR count). The Morgan fingerprint density at radius 3 is 2.58 bits per heavy atom. The molecule has 108 valence electrons. The van der Waals surface area contributed by atoms with Crippen LogP contribution in [0, 0.1) is 5.92 Å². The summed E-state index contributed by atoms with van der Waals surface area (Å²) in [6, 6.07) is 8.42. The molecule has 0 unspecified atom stereocenters. The quantitative estimate of drug-likeness (QED) is 0.882. The number of para-hydroxylation sites is 1. The molecule has 19 heavy (non-hydrogen) atoms. The average molecular weight is 284 g/mol. The summed E-state index contributed by atoms with van der Waals surface area (Å²) in [4.78, 5) is 0. The Morgan fingerprint density at radius 1 is 1.21 bits per heavy atom. The first kappa shape index (κ1) is 16.3. The van der Waals surface area contributed by atoms with Crippen LogP contribution in [-0.2, 0) is 0 Å². The maximum atomic E-state index is 5.98. The van der Waals surface area contributed by atoms with Crippen LogP contribution in [0.5, 0.6) is 5.75 Å². The Labute approximate surface area is 123 Å². The number of hydrogen-bond acceptors (Lipinski definition) is 2. The third-order valence-electron chi connectivity index (χ3n) is 3.78. The first-order valence-electron chi connectivity index (χ1n) is 7.20. The third-order valence-corrected chi connectivity index (χ3v) is 3.78. The molecule has 0 amide bonds. The van der Waals surface area contributed by atoms with Crippen LogP contribution in [0.15, 0.2) is 24.3 Å². The molecule has 1 fully saturated rings. The predicted molar refractivity (Wildman–Crippen MR) is 83.5 cm³/mol. The molecule has 1 heterocycles. The van der Waals surface area contributed by atoms with Gasteiger partial charge in [0.2, 0.25) is 0 Å². The van der Waals surface area contributed by atoms with Gasteiger partial charge in [-0.05, 0) is 55.8 Å². The van der Waals surface area contributed by atoms with Crippen LogP contribution in [0.1, 0.15) is 44.6 Å². The van der Waals surface area contributed by atoms with Gasteiger partial charge in [0, 0.05) is 0 Å². The molecule has 0 aliphatic carbocycles. The van der Waals surface area contributed by atoms with Crippen molar-refractivity contribution in [1.29, 1.82) is 0 Å². The van der Waals surface area contributed by atoms with E-state index in [1.807, 2.05) is 0 Å². The fraction of sp³-hybridized carbons (Fsp3) is 0.625. The van der Waals surface area contributed by atoms with Gasteiger partial charge < -0.3 is 10.1 Å². The summed E-state index contributed by atoms with van der Waals surface area (Å²) >= 11 is 0. The summed E-state index contributed by atoms with van der Waals surface area (Å²) < 4.78 is 5.98. The fourth-order valence-electron chi connectivity index (χ4n) is 2.59. The lowest BCUT2D eigenvalue weighted by atomic mass is 9.95. The molecule has 0 atom stereocenters. The molecule has 0 aromatic heterocycles. The molecular formula is C16H26ClNO. The SMILES string of the molecule is CC(C)c1ccccc1OCCC1CCNCC1.Cl. The van der Waals surface area contributed by atoms with Gasteiger partial charge in [0.1, 0.15) is 5.75 Å². The van der Waals surface area contributed by atoms with Crippen LogP contribution in [0.25, 0.3) is 0 Å². The van der Waals surface area contributed by atoms with Crippen molar-refractivity contribution in [1.82, 2.24) is 5.32 Å². The van der Waals surface area contributed by atoms with E-state index in [1.165, 1.54) is 37.9 Å². The lowest BCUT2D eigenvalue weighted by Crippen LogP contribution is -2.28. The second kappa shape index (κ2) is 8.44. The van der Waals surface area contributed by atoms with Crippen molar-refractivity contribution in [2.75, 3.05) is 19.7 Å².